The molecule has 2 aromatic rings. The number of carbonyl (C=O) groups excluding carboxylic acids is 2. The number of halogens is 1. The maximum Gasteiger partial charge on any atom is 0.322 e. The van der Waals surface area contributed by atoms with E-state index in [2.05, 4.69) is 27.8 Å². The molecule has 1 aromatic carbocycles. The number of pyridine rings is 1. The zero-order chi connectivity index (χ0) is 26.6. The molecule has 2 aliphatic heterocycles. The fourth-order valence-electron chi connectivity index (χ4n) is 6.07. The van der Waals surface area contributed by atoms with Gasteiger partial charge in [-0.3, -0.25) is 19.4 Å². The molecule has 4 aliphatic rings. The van der Waals surface area contributed by atoms with E-state index in [1.54, 1.807) is 23.2 Å². The van der Waals surface area contributed by atoms with Gasteiger partial charge >= 0.3 is 5.97 Å². The Kier molecular flexibility index (Phi) is 6.16. The van der Waals surface area contributed by atoms with E-state index in [4.69, 9.17) is 22.3 Å². The molecule has 2 amide bonds. The molecule has 1 saturated carbocycles. The highest BCUT2D eigenvalue weighted by molar-refractivity contribution is 6.34. The highest BCUT2D eigenvalue weighted by Crippen LogP contribution is 2.47. The Morgan fingerprint density at radius 3 is 2.66 bits per heavy atom. The Balaban J connectivity index is 1.22. The predicted octanol–water partition coefficient (Wildman–Crippen LogP) is 2.00. The summed E-state index contributed by atoms with van der Waals surface area (Å²) in [7, 11) is 0. The number of carbonyl (C=O) groups is 3. The number of primary amides is 1. The zero-order valence-electron chi connectivity index (χ0n) is 20.4. The van der Waals surface area contributed by atoms with Crippen LogP contribution in [0.25, 0.3) is 0 Å². The number of benzene rings is 1. The van der Waals surface area contributed by atoms with Gasteiger partial charge in [-0.05, 0) is 36.0 Å². The number of nitrogens with two attached hydrogens (primary N) is 1. The van der Waals surface area contributed by atoms with Crippen molar-refractivity contribution in [3.05, 3.63) is 64.5 Å². The first kappa shape index (κ1) is 24.6. The van der Waals surface area contributed by atoms with E-state index in [9.17, 15) is 19.5 Å². The molecule has 11 heteroatoms. The van der Waals surface area contributed by atoms with Gasteiger partial charge in [0.15, 0.2) is 0 Å². The Morgan fingerprint density at radius 2 is 1.92 bits per heavy atom. The van der Waals surface area contributed by atoms with Gasteiger partial charge in [-0.25, -0.2) is 4.99 Å². The number of nitrogens with zero attached hydrogens (tertiary/aromatic N) is 3. The average molecular weight is 535 g/mol. The summed E-state index contributed by atoms with van der Waals surface area (Å²) in [6.45, 7) is 0.999. The van der Waals surface area contributed by atoms with Gasteiger partial charge in [-0.1, -0.05) is 35.9 Å². The summed E-state index contributed by atoms with van der Waals surface area (Å²) >= 11 is 6.56. The first-order valence-corrected chi connectivity index (χ1v) is 13.0. The van der Waals surface area contributed by atoms with Gasteiger partial charge in [0, 0.05) is 43.9 Å². The zero-order valence-corrected chi connectivity index (χ0v) is 21.2. The molecular formula is C27H27ClN6O4. The second-order valence-corrected chi connectivity index (χ2v) is 10.6. The number of rotatable bonds is 6. The van der Waals surface area contributed by atoms with Gasteiger partial charge < -0.3 is 26.4 Å². The topological polar surface area (TPSA) is 150 Å². The van der Waals surface area contributed by atoms with E-state index >= 15 is 0 Å². The molecule has 1 unspecified atom stereocenters. The molecular weight excluding hydrogens is 508 g/mol. The van der Waals surface area contributed by atoms with Gasteiger partial charge in [-0.15, -0.1) is 0 Å². The van der Waals surface area contributed by atoms with Crippen LogP contribution >= 0.6 is 11.6 Å². The van der Waals surface area contributed by atoms with Gasteiger partial charge in [0.2, 0.25) is 5.91 Å². The average Bonchev–Trinajstić information content (AvgIpc) is 3.65. The number of nitrogens with one attached hydrogen (secondary N) is 2. The molecule has 1 aromatic heterocycles. The highest BCUT2D eigenvalue weighted by atomic mass is 35.5. The molecule has 6 rings (SSSR count). The minimum atomic E-state index is -0.971. The molecule has 3 heterocycles. The lowest BCUT2D eigenvalue weighted by molar-refractivity contribution is -0.140. The second-order valence-electron chi connectivity index (χ2n) is 10.2. The van der Waals surface area contributed by atoms with Crippen molar-refractivity contribution in [2.75, 3.05) is 25.0 Å². The third kappa shape index (κ3) is 4.23. The number of aliphatic imine (C=N–C) groups is 1. The summed E-state index contributed by atoms with van der Waals surface area (Å²) < 4.78 is 0. The lowest BCUT2D eigenvalue weighted by Crippen LogP contribution is -2.55. The van der Waals surface area contributed by atoms with Crippen LogP contribution in [0.2, 0.25) is 5.02 Å². The molecule has 0 radical (unpaired) electrons. The van der Waals surface area contributed by atoms with Crippen molar-refractivity contribution >= 4 is 46.5 Å². The number of aliphatic carboxylic acids is 1. The van der Waals surface area contributed by atoms with Crippen LogP contribution in [-0.2, 0) is 16.0 Å². The van der Waals surface area contributed by atoms with E-state index in [-0.39, 0.29) is 42.2 Å². The normalized spacial score (nSPS) is 27.2. The molecule has 1 saturated heterocycles. The van der Waals surface area contributed by atoms with E-state index in [0.29, 0.717) is 41.5 Å². The van der Waals surface area contributed by atoms with Crippen LogP contribution in [0.15, 0.2) is 47.6 Å². The predicted molar refractivity (Wildman–Crippen MR) is 142 cm³/mol. The summed E-state index contributed by atoms with van der Waals surface area (Å²) in [5, 5.41) is 16.1. The third-order valence-corrected chi connectivity index (χ3v) is 8.28. The molecule has 5 atom stereocenters. The van der Waals surface area contributed by atoms with Crippen LogP contribution in [-0.4, -0.2) is 70.2 Å². The number of anilines is 1. The van der Waals surface area contributed by atoms with Gasteiger partial charge in [0.25, 0.3) is 5.91 Å². The van der Waals surface area contributed by atoms with Crippen LogP contribution in [0.4, 0.5) is 11.4 Å². The summed E-state index contributed by atoms with van der Waals surface area (Å²) in [6.07, 6.45) is 7.21. The van der Waals surface area contributed by atoms with Crippen molar-refractivity contribution in [1.82, 2.24) is 15.2 Å². The minimum Gasteiger partial charge on any atom is -0.480 e. The molecule has 5 N–H and O–H groups in total. The molecule has 2 bridgehead atoms. The van der Waals surface area contributed by atoms with Crippen LogP contribution in [0.5, 0.6) is 0 Å². The Morgan fingerprint density at radius 1 is 1.16 bits per heavy atom. The van der Waals surface area contributed by atoms with Crippen molar-refractivity contribution in [2.45, 2.75) is 24.9 Å². The van der Waals surface area contributed by atoms with Crippen LogP contribution in [0.3, 0.4) is 0 Å². The molecule has 0 spiro atoms. The first-order valence-electron chi connectivity index (χ1n) is 12.6. The fourth-order valence-corrected chi connectivity index (χ4v) is 6.26. The van der Waals surface area contributed by atoms with E-state index in [1.807, 2.05) is 12.1 Å². The summed E-state index contributed by atoms with van der Waals surface area (Å²) in [5.41, 5.74) is 9.96. The monoisotopic (exact) mass is 534 g/mol. The summed E-state index contributed by atoms with van der Waals surface area (Å²) in [4.78, 5) is 47.4. The lowest BCUT2D eigenvalue weighted by Gasteiger charge is -2.31. The summed E-state index contributed by atoms with van der Waals surface area (Å²) in [6, 6.07) is 6.23. The number of hydrogen-bond acceptors (Lipinski definition) is 7. The van der Waals surface area contributed by atoms with E-state index in [0.717, 1.165) is 23.4 Å². The quantitative estimate of drug-likeness (QED) is 0.414. The largest absolute Gasteiger partial charge is 0.480 e. The number of carboxylic acids is 1. The Hall–Kier alpha value is -3.76. The second kappa shape index (κ2) is 9.52. The lowest BCUT2D eigenvalue weighted by atomic mass is 9.88. The van der Waals surface area contributed by atoms with Crippen molar-refractivity contribution in [3.8, 4) is 0 Å². The van der Waals surface area contributed by atoms with Crippen molar-refractivity contribution in [3.63, 3.8) is 0 Å². The maximum atomic E-state index is 13.0. The number of carboxylic acid groups (broad SMARTS) is 1. The Labute approximate surface area is 224 Å². The van der Waals surface area contributed by atoms with Gasteiger partial charge in [-0.2, -0.15) is 0 Å². The van der Waals surface area contributed by atoms with Crippen molar-refractivity contribution in [2.24, 2.45) is 28.5 Å². The molecule has 38 heavy (non-hydrogen) atoms. The highest BCUT2D eigenvalue weighted by Gasteiger charge is 2.48. The van der Waals surface area contributed by atoms with Crippen LogP contribution in [0, 0.1) is 17.8 Å². The maximum absolute atomic E-state index is 13.0. The van der Waals surface area contributed by atoms with E-state index in [1.165, 1.54) is 0 Å². The number of piperazine rings is 1. The van der Waals surface area contributed by atoms with Gasteiger partial charge in [0.05, 0.1) is 28.0 Å². The fraction of sp³-hybridized carbons (Fsp3) is 0.370. The first-order chi connectivity index (χ1) is 18.3. The van der Waals surface area contributed by atoms with E-state index < -0.39 is 12.0 Å². The molecule has 2 aliphatic carbocycles. The number of aromatic nitrogens is 1. The minimum absolute atomic E-state index is 0.120. The standard InChI is InChI=1S/C27H27ClN6O4/c28-17-11-31-19-10-18(32-24(19)23(17)33-22-16-6-5-15(9-16)21(22)25(29)35)13-1-3-14(4-2-13)26(36)34-8-7-30-20(12-34)27(37)38/h1-6,11,15-16,20-22,30H,7-10,12H2,(H2,29,35)(H,31,33)(H,37,38)/t15-,16+,20?,21+,22-/m1/s1. The van der Waals surface area contributed by atoms with Crippen LogP contribution < -0.4 is 16.4 Å². The number of fused-ring (bicyclic) bond motifs is 3. The van der Waals surface area contributed by atoms with Crippen molar-refractivity contribution < 1.29 is 19.5 Å². The summed E-state index contributed by atoms with van der Waals surface area (Å²) in [5.74, 6) is -1.46. The molecule has 10 nitrogen and oxygen atoms in total. The molecule has 2 fully saturated rings. The number of hydrogen-bond donors (Lipinski definition) is 4. The van der Waals surface area contributed by atoms with Gasteiger partial charge in [0.1, 0.15) is 11.7 Å². The third-order valence-electron chi connectivity index (χ3n) is 7.99. The smallest absolute Gasteiger partial charge is 0.322 e. The molecule has 196 valence electrons. The van der Waals surface area contributed by atoms with Crippen molar-refractivity contribution in [1.29, 1.82) is 0 Å². The number of allylic oxidation sites excluding steroid dienone is 1. The SMILES string of the molecule is NC(=O)[C@@H]1[C@H](Nc2c(Cl)cnc3c2N=C(c2ccc(C(=O)N4CCNC(C(=O)O)C4)cc2)C3)[C@H]2C=C[C@@H]1C2. The van der Waals surface area contributed by atoms with Crippen LogP contribution in [0.1, 0.15) is 28.0 Å². The number of amides is 2. The Bertz CT molecular complexity index is 1390.